The molecule has 6 nitrogen and oxygen atoms in total. The summed E-state index contributed by atoms with van der Waals surface area (Å²) in [4.78, 5) is 23.3. The number of anilines is 2. The molecule has 2 N–H and O–H groups in total. The predicted octanol–water partition coefficient (Wildman–Crippen LogP) is 3.52. The molecule has 1 amide bonds. The van der Waals surface area contributed by atoms with Crippen molar-refractivity contribution in [3.05, 3.63) is 47.4 Å². The van der Waals surface area contributed by atoms with Gasteiger partial charge in [0.2, 0.25) is 5.91 Å². The molecular formula is C20H24ClN5O. The minimum Gasteiger partial charge on any atom is -0.367 e. The number of amides is 1. The van der Waals surface area contributed by atoms with Crippen LogP contribution in [0.3, 0.4) is 0 Å². The highest BCUT2D eigenvalue weighted by Gasteiger charge is 2.28. The van der Waals surface area contributed by atoms with E-state index in [1.165, 1.54) is 0 Å². The zero-order valence-corrected chi connectivity index (χ0v) is 16.0. The number of rotatable bonds is 6. The van der Waals surface area contributed by atoms with E-state index in [1.54, 1.807) is 6.07 Å². The Morgan fingerprint density at radius 2 is 1.85 bits per heavy atom. The predicted molar refractivity (Wildman–Crippen MR) is 107 cm³/mol. The van der Waals surface area contributed by atoms with E-state index in [1.807, 2.05) is 30.3 Å². The molecule has 0 spiro atoms. The molecule has 1 saturated heterocycles. The summed E-state index contributed by atoms with van der Waals surface area (Å²) in [6, 6.07) is 11.7. The van der Waals surface area contributed by atoms with Gasteiger partial charge >= 0.3 is 0 Å². The van der Waals surface area contributed by atoms with Gasteiger partial charge < -0.3 is 10.6 Å². The zero-order valence-electron chi connectivity index (χ0n) is 15.2. The lowest BCUT2D eigenvalue weighted by molar-refractivity contribution is -0.117. The van der Waals surface area contributed by atoms with Gasteiger partial charge in [0.1, 0.15) is 16.8 Å². The van der Waals surface area contributed by atoms with Crippen molar-refractivity contribution in [2.24, 2.45) is 0 Å². The minimum absolute atomic E-state index is 0.0317. The van der Waals surface area contributed by atoms with Crippen molar-refractivity contribution >= 4 is 29.0 Å². The molecular weight excluding hydrogens is 362 g/mol. The van der Waals surface area contributed by atoms with E-state index >= 15 is 0 Å². The van der Waals surface area contributed by atoms with Gasteiger partial charge in [-0.25, -0.2) is 9.97 Å². The second-order valence-electron chi connectivity index (χ2n) is 7.32. The van der Waals surface area contributed by atoms with Crippen LogP contribution in [0.1, 0.15) is 37.4 Å². The van der Waals surface area contributed by atoms with Crippen molar-refractivity contribution in [1.29, 1.82) is 0 Å². The van der Waals surface area contributed by atoms with Crippen molar-refractivity contribution in [2.45, 2.75) is 37.6 Å². The van der Waals surface area contributed by atoms with Crippen LogP contribution in [0.25, 0.3) is 0 Å². The van der Waals surface area contributed by atoms with Crippen LogP contribution in [0.5, 0.6) is 0 Å². The van der Waals surface area contributed by atoms with Crippen LogP contribution in [0, 0.1) is 0 Å². The number of likely N-dealkylation sites (tertiary alicyclic amines) is 1. The van der Waals surface area contributed by atoms with E-state index in [9.17, 15) is 4.79 Å². The van der Waals surface area contributed by atoms with E-state index in [-0.39, 0.29) is 5.91 Å². The van der Waals surface area contributed by atoms with Crippen LogP contribution < -0.4 is 10.6 Å². The maximum Gasteiger partial charge on any atom is 0.238 e. The van der Waals surface area contributed by atoms with Gasteiger partial charge in [-0.1, -0.05) is 29.8 Å². The third-order valence-corrected chi connectivity index (χ3v) is 5.21. The Morgan fingerprint density at radius 1 is 1.11 bits per heavy atom. The first kappa shape index (κ1) is 18.2. The Bertz CT molecular complexity index is 788. The SMILES string of the molecule is O=C(CN1CCC(Nc2cc(Cl)nc(C3CC3)n2)CC1)Nc1ccccc1. The van der Waals surface area contributed by atoms with Gasteiger partial charge in [-0.2, -0.15) is 0 Å². The average molecular weight is 386 g/mol. The summed E-state index contributed by atoms with van der Waals surface area (Å²) < 4.78 is 0. The van der Waals surface area contributed by atoms with Crippen molar-refractivity contribution in [3.63, 3.8) is 0 Å². The normalized spacial score (nSPS) is 18.3. The molecule has 1 aromatic heterocycles. The Balaban J connectivity index is 1.25. The molecule has 4 rings (SSSR count). The highest BCUT2D eigenvalue weighted by Crippen LogP contribution is 2.38. The molecule has 7 heteroatoms. The number of halogens is 1. The summed E-state index contributed by atoms with van der Waals surface area (Å²) in [7, 11) is 0. The first-order valence-corrected chi connectivity index (χ1v) is 9.92. The second kappa shape index (κ2) is 8.23. The highest BCUT2D eigenvalue weighted by molar-refractivity contribution is 6.29. The van der Waals surface area contributed by atoms with Gasteiger partial charge in [0.25, 0.3) is 0 Å². The molecule has 142 valence electrons. The third kappa shape index (κ3) is 5.17. The number of piperidine rings is 1. The largest absolute Gasteiger partial charge is 0.367 e. The van der Waals surface area contributed by atoms with Crippen molar-refractivity contribution < 1.29 is 4.79 Å². The fourth-order valence-corrected chi connectivity index (χ4v) is 3.59. The molecule has 2 heterocycles. The molecule has 1 aliphatic heterocycles. The number of hydrogen-bond acceptors (Lipinski definition) is 5. The number of carbonyl (C=O) groups is 1. The average Bonchev–Trinajstić information content (AvgIpc) is 3.49. The van der Waals surface area contributed by atoms with E-state index in [0.29, 0.717) is 23.7 Å². The first-order chi connectivity index (χ1) is 13.2. The molecule has 0 bridgehead atoms. The van der Waals surface area contributed by atoms with Crippen LogP contribution in [-0.4, -0.2) is 46.5 Å². The van der Waals surface area contributed by atoms with Crippen LogP contribution in [0.2, 0.25) is 5.15 Å². The third-order valence-electron chi connectivity index (χ3n) is 5.02. The number of nitrogens with zero attached hydrogens (tertiary/aromatic N) is 3. The summed E-state index contributed by atoms with van der Waals surface area (Å²) in [6.07, 6.45) is 4.25. The lowest BCUT2D eigenvalue weighted by Crippen LogP contribution is -2.42. The van der Waals surface area contributed by atoms with Gasteiger partial charge in [-0.15, -0.1) is 0 Å². The van der Waals surface area contributed by atoms with E-state index < -0.39 is 0 Å². The Labute approximate surface area is 164 Å². The molecule has 0 unspecified atom stereocenters. The van der Waals surface area contributed by atoms with Crippen LogP contribution >= 0.6 is 11.6 Å². The molecule has 1 aliphatic carbocycles. The first-order valence-electron chi connectivity index (χ1n) is 9.54. The molecule has 2 aliphatic rings. The molecule has 2 aromatic rings. The fraction of sp³-hybridized carbons (Fsp3) is 0.450. The molecule has 27 heavy (non-hydrogen) atoms. The number of benzene rings is 1. The zero-order chi connectivity index (χ0) is 18.6. The summed E-state index contributed by atoms with van der Waals surface area (Å²) in [6.45, 7) is 2.19. The molecule has 1 aromatic carbocycles. The standard InChI is InChI=1S/C20H24ClN5O/c21-17-12-18(25-20(24-17)14-6-7-14)22-16-8-10-26(11-9-16)13-19(27)23-15-4-2-1-3-5-15/h1-5,12,14,16H,6-11,13H2,(H,23,27)(H,22,24,25). The molecule has 1 saturated carbocycles. The lowest BCUT2D eigenvalue weighted by atomic mass is 10.1. The summed E-state index contributed by atoms with van der Waals surface area (Å²) >= 11 is 6.14. The lowest BCUT2D eigenvalue weighted by Gasteiger charge is -2.32. The van der Waals surface area contributed by atoms with Crippen LogP contribution in [0.4, 0.5) is 11.5 Å². The molecule has 0 radical (unpaired) electrons. The van der Waals surface area contributed by atoms with Gasteiger partial charge in [-0.05, 0) is 37.8 Å². The Hall–Kier alpha value is -2.18. The topological polar surface area (TPSA) is 70.2 Å². The van der Waals surface area contributed by atoms with E-state index in [2.05, 4.69) is 25.5 Å². The summed E-state index contributed by atoms with van der Waals surface area (Å²) in [5, 5.41) is 6.94. The monoisotopic (exact) mass is 385 g/mol. The van der Waals surface area contributed by atoms with Crippen molar-refractivity contribution in [3.8, 4) is 0 Å². The minimum atomic E-state index is 0.0317. The van der Waals surface area contributed by atoms with Gasteiger partial charge in [0.05, 0.1) is 6.54 Å². The Morgan fingerprint density at radius 3 is 2.56 bits per heavy atom. The van der Waals surface area contributed by atoms with Gasteiger partial charge in [-0.3, -0.25) is 9.69 Å². The van der Waals surface area contributed by atoms with Gasteiger partial charge in [0, 0.05) is 36.8 Å². The quantitative estimate of drug-likeness (QED) is 0.744. The molecule has 2 fully saturated rings. The van der Waals surface area contributed by atoms with E-state index in [4.69, 9.17) is 11.6 Å². The number of nitrogens with one attached hydrogen (secondary N) is 2. The number of aromatic nitrogens is 2. The Kier molecular flexibility index (Phi) is 5.55. The number of hydrogen-bond donors (Lipinski definition) is 2. The van der Waals surface area contributed by atoms with Gasteiger partial charge in [0.15, 0.2) is 0 Å². The number of para-hydroxylation sites is 1. The van der Waals surface area contributed by atoms with Crippen LogP contribution in [-0.2, 0) is 4.79 Å². The molecule has 0 atom stereocenters. The summed E-state index contributed by atoms with van der Waals surface area (Å²) in [5.74, 6) is 2.19. The number of carbonyl (C=O) groups excluding carboxylic acids is 1. The fourth-order valence-electron chi connectivity index (χ4n) is 3.40. The van der Waals surface area contributed by atoms with Crippen LogP contribution in [0.15, 0.2) is 36.4 Å². The van der Waals surface area contributed by atoms with Crippen molar-refractivity contribution in [2.75, 3.05) is 30.3 Å². The maximum absolute atomic E-state index is 12.2. The summed E-state index contributed by atoms with van der Waals surface area (Å²) in [5.41, 5.74) is 0.839. The maximum atomic E-state index is 12.2. The van der Waals surface area contributed by atoms with Crippen molar-refractivity contribution in [1.82, 2.24) is 14.9 Å². The van der Waals surface area contributed by atoms with E-state index in [0.717, 1.165) is 56.1 Å². The highest BCUT2D eigenvalue weighted by atomic mass is 35.5. The smallest absolute Gasteiger partial charge is 0.238 e. The second-order valence-corrected chi connectivity index (χ2v) is 7.70.